The summed E-state index contributed by atoms with van der Waals surface area (Å²) < 4.78 is 2.66. The van der Waals surface area contributed by atoms with Crippen molar-refractivity contribution in [1.82, 2.24) is 0 Å². The minimum atomic E-state index is -0.108. The van der Waals surface area contributed by atoms with Gasteiger partial charge in [-0.25, -0.2) is 0 Å². The molecule has 0 unspecified atom stereocenters. The first kappa shape index (κ1) is 31.5. The predicted octanol–water partition coefficient (Wildman–Crippen LogP) is 14.8. The fourth-order valence-corrected chi connectivity index (χ4v) is 9.55. The van der Waals surface area contributed by atoms with E-state index in [-0.39, 0.29) is 5.41 Å². The fraction of sp³-hybridized carbons (Fsp3) is 0.0588. The third kappa shape index (κ3) is 5.29. The van der Waals surface area contributed by atoms with Crippen LogP contribution >= 0.6 is 11.3 Å². The van der Waals surface area contributed by atoms with Crippen molar-refractivity contribution in [3.05, 3.63) is 199 Å². The number of rotatable bonds is 6. The summed E-state index contributed by atoms with van der Waals surface area (Å²) in [6.07, 6.45) is 0. The maximum absolute atomic E-state index is 2.42. The average Bonchev–Trinajstić information content (AvgIpc) is 3.70. The van der Waals surface area contributed by atoms with Crippen LogP contribution in [0.4, 0.5) is 17.1 Å². The predicted molar refractivity (Wildman–Crippen MR) is 228 cm³/mol. The van der Waals surface area contributed by atoms with Crippen molar-refractivity contribution in [3.63, 3.8) is 0 Å². The van der Waals surface area contributed by atoms with Gasteiger partial charge in [-0.15, -0.1) is 11.3 Å². The first-order valence-electron chi connectivity index (χ1n) is 18.3. The van der Waals surface area contributed by atoms with Crippen LogP contribution < -0.4 is 4.90 Å². The van der Waals surface area contributed by atoms with Gasteiger partial charge in [-0.3, -0.25) is 0 Å². The molecule has 0 aliphatic heterocycles. The van der Waals surface area contributed by atoms with Crippen molar-refractivity contribution in [2.75, 3.05) is 4.90 Å². The average molecular weight is 696 g/mol. The summed E-state index contributed by atoms with van der Waals surface area (Å²) in [5, 5.41) is 2.66. The summed E-state index contributed by atoms with van der Waals surface area (Å²) in [5.41, 5.74) is 16.0. The standard InChI is InChI=1S/C51H37NS/c1-51(2)46-30-28-41(33-45(46)50-42(20-12-21-47(50)51)36-15-7-4-8-16-36)52(40-18-11-17-37(31-40)34-13-5-3-6-14-34)39-26-23-35(24-27-39)38-25-29-44-43-19-9-10-22-48(43)53-49(44)32-38/h3-33H,1-2H3. The molecule has 252 valence electrons. The van der Waals surface area contributed by atoms with Gasteiger partial charge in [0.15, 0.2) is 0 Å². The largest absolute Gasteiger partial charge is 0.310 e. The zero-order chi connectivity index (χ0) is 35.5. The van der Waals surface area contributed by atoms with Crippen LogP contribution in [-0.2, 0) is 5.41 Å². The van der Waals surface area contributed by atoms with Gasteiger partial charge in [0.1, 0.15) is 0 Å². The van der Waals surface area contributed by atoms with Crippen LogP contribution in [0.25, 0.3) is 64.7 Å². The lowest BCUT2D eigenvalue weighted by Gasteiger charge is -2.28. The summed E-state index contributed by atoms with van der Waals surface area (Å²) in [5.74, 6) is 0. The van der Waals surface area contributed by atoms with Gasteiger partial charge in [-0.2, -0.15) is 0 Å². The molecule has 1 nitrogen and oxygen atoms in total. The Kier molecular flexibility index (Phi) is 7.42. The van der Waals surface area contributed by atoms with Gasteiger partial charge in [-0.05, 0) is 104 Å². The molecule has 1 heterocycles. The molecule has 1 aromatic heterocycles. The van der Waals surface area contributed by atoms with Crippen LogP contribution in [0.3, 0.4) is 0 Å². The molecule has 1 aliphatic rings. The highest BCUT2D eigenvalue weighted by atomic mass is 32.1. The Labute approximate surface area is 315 Å². The van der Waals surface area contributed by atoms with E-state index in [9.17, 15) is 0 Å². The highest BCUT2D eigenvalue weighted by Gasteiger charge is 2.37. The molecule has 0 N–H and O–H groups in total. The summed E-state index contributed by atoms with van der Waals surface area (Å²) in [4.78, 5) is 2.42. The second-order valence-electron chi connectivity index (χ2n) is 14.6. The van der Waals surface area contributed by atoms with E-state index >= 15 is 0 Å². The number of anilines is 3. The Morgan fingerprint density at radius 1 is 0.377 bits per heavy atom. The van der Waals surface area contributed by atoms with Gasteiger partial charge in [0.2, 0.25) is 0 Å². The summed E-state index contributed by atoms with van der Waals surface area (Å²) in [6.45, 7) is 4.73. The van der Waals surface area contributed by atoms with Crippen molar-refractivity contribution in [2.24, 2.45) is 0 Å². The Bertz CT molecular complexity index is 2790. The van der Waals surface area contributed by atoms with E-state index in [1.165, 1.54) is 75.8 Å². The highest BCUT2D eigenvalue weighted by molar-refractivity contribution is 7.25. The molecular weight excluding hydrogens is 659 g/mol. The van der Waals surface area contributed by atoms with E-state index in [0.29, 0.717) is 0 Å². The van der Waals surface area contributed by atoms with Crippen LogP contribution in [0.2, 0.25) is 0 Å². The first-order valence-corrected chi connectivity index (χ1v) is 19.2. The lowest BCUT2D eigenvalue weighted by atomic mass is 9.82. The zero-order valence-electron chi connectivity index (χ0n) is 29.8. The number of hydrogen-bond acceptors (Lipinski definition) is 2. The lowest BCUT2D eigenvalue weighted by Crippen LogP contribution is -2.15. The summed E-state index contributed by atoms with van der Waals surface area (Å²) in [6, 6.07) is 69.1. The van der Waals surface area contributed by atoms with Gasteiger partial charge in [-0.1, -0.05) is 153 Å². The molecule has 8 aromatic carbocycles. The van der Waals surface area contributed by atoms with Gasteiger partial charge in [0.25, 0.3) is 0 Å². The van der Waals surface area contributed by atoms with Crippen molar-refractivity contribution in [1.29, 1.82) is 0 Å². The molecule has 0 fully saturated rings. The second-order valence-corrected chi connectivity index (χ2v) is 15.6. The molecule has 0 saturated heterocycles. The molecule has 10 rings (SSSR count). The smallest absolute Gasteiger partial charge is 0.0468 e. The van der Waals surface area contributed by atoms with Crippen molar-refractivity contribution < 1.29 is 0 Å². The molecule has 0 atom stereocenters. The van der Waals surface area contributed by atoms with Crippen LogP contribution in [0, 0.1) is 0 Å². The molecule has 2 heteroatoms. The zero-order valence-corrected chi connectivity index (χ0v) is 30.6. The van der Waals surface area contributed by atoms with E-state index in [0.717, 1.165) is 17.1 Å². The molecule has 53 heavy (non-hydrogen) atoms. The van der Waals surface area contributed by atoms with Gasteiger partial charge >= 0.3 is 0 Å². The maximum Gasteiger partial charge on any atom is 0.0468 e. The van der Waals surface area contributed by atoms with Crippen LogP contribution in [0.15, 0.2) is 188 Å². The third-order valence-corrected chi connectivity index (χ3v) is 12.2. The molecule has 0 spiro atoms. The molecule has 9 aromatic rings. The van der Waals surface area contributed by atoms with Crippen molar-refractivity contribution in [3.8, 4) is 44.5 Å². The van der Waals surface area contributed by atoms with Gasteiger partial charge < -0.3 is 4.90 Å². The van der Waals surface area contributed by atoms with E-state index in [4.69, 9.17) is 0 Å². The molecule has 0 radical (unpaired) electrons. The first-order chi connectivity index (χ1) is 26.0. The normalized spacial score (nSPS) is 12.9. The number of thiophene rings is 1. The van der Waals surface area contributed by atoms with Crippen LogP contribution in [-0.4, -0.2) is 0 Å². The van der Waals surface area contributed by atoms with Gasteiger partial charge in [0.05, 0.1) is 0 Å². The minimum absolute atomic E-state index is 0.108. The summed E-state index contributed by atoms with van der Waals surface area (Å²) in [7, 11) is 0. The Morgan fingerprint density at radius 2 is 0.981 bits per heavy atom. The van der Waals surface area contributed by atoms with Crippen LogP contribution in [0.5, 0.6) is 0 Å². The van der Waals surface area contributed by atoms with Crippen molar-refractivity contribution >= 4 is 48.6 Å². The molecule has 0 saturated carbocycles. The SMILES string of the molecule is CC1(C)c2ccc(N(c3ccc(-c4ccc5c(c4)sc4ccccc45)cc3)c3cccc(-c4ccccc4)c3)cc2-c2c(-c3ccccc3)cccc21. The van der Waals surface area contributed by atoms with Crippen molar-refractivity contribution in [2.45, 2.75) is 19.3 Å². The number of nitrogens with zero attached hydrogens (tertiary/aromatic N) is 1. The Morgan fingerprint density at radius 3 is 1.79 bits per heavy atom. The van der Waals surface area contributed by atoms with E-state index in [2.05, 4.69) is 207 Å². The quantitative estimate of drug-likeness (QED) is 0.167. The minimum Gasteiger partial charge on any atom is -0.310 e. The van der Waals surface area contributed by atoms with Crippen LogP contribution in [0.1, 0.15) is 25.0 Å². The number of benzene rings is 8. The Balaban J connectivity index is 1.12. The molecule has 0 amide bonds. The second kappa shape index (κ2) is 12.5. The van der Waals surface area contributed by atoms with E-state index in [1.54, 1.807) is 0 Å². The monoisotopic (exact) mass is 695 g/mol. The molecule has 1 aliphatic carbocycles. The number of fused-ring (bicyclic) bond motifs is 6. The maximum atomic E-state index is 2.42. The lowest BCUT2D eigenvalue weighted by molar-refractivity contribution is 0.660. The number of hydrogen-bond donors (Lipinski definition) is 0. The topological polar surface area (TPSA) is 3.24 Å². The van der Waals surface area contributed by atoms with Gasteiger partial charge in [0, 0.05) is 42.6 Å². The third-order valence-electron chi connectivity index (χ3n) is 11.1. The van der Waals surface area contributed by atoms with E-state index in [1.807, 2.05) is 11.3 Å². The summed E-state index contributed by atoms with van der Waals surface area (Å²) >= 11 is 1.87. The Hall–Kier alpha value is -6.22. The fourth-order valence-electron chi connectivity index (χ4n) is 8.40. The highest BCUT2D eigenvalue weighted by Crippen LogP contribution is 2.53. The van der Waals surface area contributed by atoms with E-state index < -0.39 is 0 Å². The molecular formula is C51H37NS. The molecule has 0 bridgehead atoms.